The van der Waals surface area contributed by atoms with Gasteiger partial charge in [0, 0.05) is 5.69 Å². The molecule has 0 aromatic heterocycles. The lowest BCUT2D eigenvalue weighted by Gasteiger charge is -2.43. The van der Waals surface area contributed by atoms with Gasteiger partial charge in [0.15, 0.2) is 8.32 Å². The van der Waals surface area contributed by atoms with Crippen molar-refractivity contribution >= 4 is 14.0 Å². The third kappa shape index (κ3) is 4.33. The number of benzene rings is 1. The van der Waals surface area contributed by atoms with E-state index in [0.29, 0.717) is 12.1 Å². The number of hydrogen-bond donors (Lipinski definition) is 1. The molecule has 1 aromatic rings. The molecule has 1 aliphatic rings. The lowest BCUT2D eigenvalue weighted by Crippen LogP contribution is -2.49. The van der Waals surface area contributed by atoms with Gasteiger partial charge < -0.3 is 9.74 Å². The van der Waals surface area contributed by atoms with Crippen molar-refractivity contribution in [3.8, 4) is 0 Å². The van der Waals surface area contributed by atoms with Crippen LogP contribution in [0.4, 0.5) is 5.69 Å². The van der Waals surface area contributed by atoms with Crippen molar-refractivity contribution in [1.82, 2.24) is 0 Å². The Morgan fingerprint density at radius 3 is 2.29 bits per heavy atom. The molecule has 2 nitrogen and oxygen atoms in total. The first-order valence-electron chi connectivity index (χ1n) is 8.29. The molecule has 0 aliphatic heterocycles. The summed E-state index contributed by atoms with van der Waals surface area (Å²) in [6, 6.07) is 11.0. The molecule has 0 heterocycles. The van der Waals surface area contributed by atoms with Crippen molar-refractivity contribution in [2.45, 2.75) is 76.7 Å². The molecule has 1 aromatic carbocycles. The zero-order valence-electron chi connectivity index (χ0n) is 14.3. The van der Waals surface area contributed by atoms with Crippen LogP contribution in [0, 0.1) is 0 Å². The Morgan fingerprint density at radius 2 is 1.67 bits per heavy atom. The summed E-state index contributed by atoms with van der Waals surface area (Å²) in [6.07, 6.45) is 5.37. The van der Waals surface area contributed by atoms with E-state index in [-0.39, 0.29) is 5.04 Å². The van der Waals surface area contributed by atoms with Crippen molar-refractivity contribution in [1.29, 1.82) is 0 Å². The van der Waals surface area contributed by atoms with E-state index in [1.165, 1.54) is 31.4 Å². The molecule has 1 fully saturated rings. The van der Waals surface area contributed by atoms with Gasteiger partial charge in [0.25, 0.3) is 0 Å². The molecule has 21 heavy (non-hydrogen) atoms. The fraction of sp³-hybridized carbons (Fsp3) is 0.667. The third-order valence-electron chi connectivity index (χ3n) is 5.08. The molecule has 2 atom stereocenters. The van der Waals surface area contributed by atoms with Crippen LogP contribution in [-0.4, -0.2) is 20.5 Å². The van der Waals surface area contributed by atoms with E-state index in [1.807, 2.05) is 0 Å². The number of hydrogen-bond acceptors (Lipinski definition) is 2. The average molecular weight is 306 g/mol. The fourth-order valence-corrected chi connectivity index (χ4v) is 4.10. The Hall–Kier alpha value is -0.803. The SMILES string of the molecule is CC(C)(C)[Si](C)(C)O[C@@H]1CCCC[C@H]1Nc1ccccc1. The highest BCUT2D eigenvalue weighted by atomic mass is 28.4. The maximum Gasteiger partial charge on any atom is 0.192 e. The van der Waals surface area contributed by atoms with Crippen LogP contribution in [0.15, 0.2) is 30.3 Å². The molecule has 0 bridgehead atoms. The van der Waals surface area contributed by atoms with Gasteiger partial charge in [-0.05, 0) is 43.1 Å². The molecule has 0 amide bonds. The molecule has 0 unspecified atom stereocenters. The van der Waals surface area contributed by atoms with Gasteiger partial charge in [0.05, 0.1) is 12.1 Å². The minimum absolute atomic E-state index is 0.280. The van der Waals surface area contributed by atoms with E-state index in [4.69, 9.17) is 4.43 Å². The summed E-state index contributed by atoms with van der Waals surface area (Å²) in [7, 11) is -1.69. The number of rotatable bonds is 4. The number of anilines is 1. The second kappa shape index (κ2) is 6.53. The molecule has 0 spiro atoms. The fourth-order valence-electron chi connectivity index (χ4n) is 2.71. The zero-order chi connectivity index (χ0) is 15.5. The summed E-state index contributed by atoms with van der Waals surface area (Å²) in [5.41, 5.74) is 1.22. The molecule has 2 rings (SSSR count). The van der Waals surface area contributed by atoms with E-state index in [0.717, 1.165) is 0 Å². The summed E-state index contributed by atoms with van der Waals surface area (Å²) in [5.74, 6) is 0. The van der Waals surface area contributed by atoms with E-state index in [9.17, 15) is 0 Å². The Labute approximate surface area is 131 Å². The van der Waals surface area contributed by atoms with E-state index >= 15 is 0 Å². The maximum atomic E-state index is 6.70. The minimum Gasteiger partial charge on any atom is -0.412 e. The van der Waals surface area contributed by atoms with E-state index in [1.54, 1.807) is 0 Å². The molecule has 0 radical (unpaired) electrons. The Morgan fingerprint density at radius 1 is 1.05 bits per heavy atom. The zero-order valence-corrected chi connectivity index (χ0v) is 15.3. The van der Waals surface area contributed by atoms with Gasteiger partial charge in [-0.2, -0.15) is 0 Å². The lowest BCUT2D eigenvalue weighted by atomic mass is 9.92. The highest BCUT2D eigenvalue weighted by molar-refractivity contribution is 6.74. The van der Waals surface area contributed by atoms with Crippen molar-refractivity contribution in [3.63, 3.8) is 0 Å². The minimum atomic E-state index is -1.69. The van der Waals surface area contributed by atoms with Crippen LogP contribution in [0.1, 0.15) is 46.5 Å². The molecular weight excluding hydrogens is 274 g/mol. The summed E-state index contributed by atoms with van der Waals surface area (Å²) in [5, 5.41) is 3.98. The average Bonchev–Trinajstić information content (AvgIpc) is 2.40. The maximum absolute atomic E-state index is 6.70. The molecule has 118 valence electrons. The van der Waals surface area contributed by atoms with E-state index in [2.05, 4.69) is 69.5 Å². The monoisotopic (exact) mass is 305 g/mol. The summed E-state index contributed by atoms with van der Waals surface area (Å²) in [6.45, 7) is 11.7. The first kappa shape index (κ1) is 16.6. The third-order valence-corrected chi connectivity index (χ3v) is 9.58. The van der Waals surface area contributed by atoms with Crippen LogP contribution in [0.25, 0.3) is 0 Å². The molecule has 1 N–H and O–H groups in total. The van der Waals surface area contributed by atoms with Crippen molar-refractivity contribution in [3.05, 3.63) is 30.3 Å². The molecule has 1 aliphatic carbocycles. The topological polar surface area (TPSA) is 21.3 Å². The number of nitrogens with one attached hydrogen (secondary N) is 1. The van der Waals surface area contributed by atoms with Crippen molar-refractivity contribution in [2.24, 2.45) is 0 Å². The van der Waals surface area contributed by atoms with Crippen molar-refractivity contribution in [2.75, 3.05) is 5.32 Å². The van der Waals surface area contributed by atoms with Crippen LogP contribution < -0.4 is 5.32 Å². The molecule has 3 heteroatoms. The van der Waals surface area contributed by atoms with Crippen LogP contribution in [0.3, 0.4) is 0 Å². The second-order valence-corrected chi connectivity index (χ2v) is 12.6. The van der Waals surface area contributed by atoms with Crippen LogP contribution in [-0.2, 0) is 4.43 Å². The van der Waals surface area contributed by atoms with E-state index < -0.39 is 8.32 Å². The van der Waals surface area contributed by atoms with Gasteiger partial charge >= 0.3 is 0 Å². The molecule has 1 saturated carbocycles. The Kier molecular flexibility index (Phi) is 5.15. The highest BCUT2D eigenvalue weighted by Crippen LogP contribution is 2.39. The standard InChI is InChI=1S/C18H31NOSi/c1-18(2,3)21(4,5)20-17-14-10-9-13-16(17)19-15-11-7-6-8-12-15/h6-8,11-12,16-17,19H,9-10,13-14H2,1-5H3/t16-,17-/m1/s1. The second-order valence-electron chi connectivity index (χ2n) is 7.82. The quantitative estimate of drug-likeness (QED) is 0.749. The summed E-state index contributed by atoms with van der Waals surface area (Å²) >= 11 is 0. The predicted molar refractivity (Wildman–Crippen MR) is 94.4 cm³/mol. The number of para-hydroxylation sites is 1. The first-order chi connectivity index (χ1) is 9.79. The Bertz CT molecular complexity index is 438. The summed E-state index contributed by atoms with van der Waals surface area (Å²) in [4.78, 5) is 0. The van der Waals surface area contributed by atoms with Crippen LogP contribution in [0.2, 0.25) is 18.1 Å². The van der Waals surface area contributed by atoms with Gasteiger partial charge in [-0.25, -0.2) is 0 Å². The predicted octanol–water partition coefficient (Wildman–Crippen LogP) is 5.43. The highest BCUT2D eigenvalue weighted by Gasteiger charge is 2.41. The Balaban J connectivity index is 2.05. The summed E-state index contributed by atoms with van der Waals surface area (Å²) < 4.78 is 6.70. The van der Waals surface area contributed by atoms with Gasteiger partial charge in [0.1, 0.15) is 0 Å². The van der Waals surface area contributed by atoms with Crippen LogP contribution in [0.5, 0.6) is 0 Å². The molecular formula is C18H31NOSi. The first-order valence-corrected chi connectivity index (χ1v) is 11.2. The van der Waals surface area contributed by atoms with Crippen molar-refractivity contribution < 1.29 is 4.43 Å². The van der Waals surface area contributed by atoms with Gasteiger partial charge in [-0.1, -0.05) is 51.8 Å². The smallest absolute Gasteiger partial charge is 0.192 e. The largest absolute Gasteiger partial charge is 0.412 e. The molecule has 0 saturated heterocycles. The lowest BCUT2D eigenvalue weighted by molar-refractivity contribution is 0.124. The normalized spacial score (nSPS) is 23.9. The van der Waals surface area contributed by atoms with Gasteiger partial charge in [0.2, 0.25) is 0 Å². The van der Waals surface area contributed by atoms with Gasteiger partial charge in [-0.15, -0.1) is 0 Å². The van der Waals surface area contributed by atoms with Gasteiger partial charge in [-0.3, -0.25) is 0 Å². The van der Waals surface area contributed by atoms with Crippen LogP contribution >= 0.6 is 0 Å².